The molecule has 2 atom stereocenters. The smallest absolute Gasteiger partial charge is 0.274 e. The number of benzene rings is 2. The Morgan fingerprint density at radius 1 is 1.05 bits per heavy atom. The summed E-state index contributed by atoms with van der Waals surface area (Å²) >= 11 is 0. The summed E-state index contributed by atoms with van der Waals surface area (Å²) in [4.78, 5) is 35.0. The van der Waals surface area contributed by atoms with Gasteiger partial charge >= 0.3 is 0 Å². The van der Waals surface area contributed by atoms with Gasteiger partial charge < -0.3 is 10.4 Å². The van der Waals surface area contributed by atoms with Crippen LogP contribution in [0.15, 0.2) is 85.2 Å². The Bertz CT molecular complexity index is 1340. The van der Waals surface area contributed by atoms with Crippen LogP contribution in [0.3, 0.4) is 0 Å². The highest BCUT2D eigenvalue weighted by atomic mass is 19.1. The van der Waals surface area contributed by atoms with Crippen LogP contribution in [-0.2, 0) is 16.1 Å². The number of carbonyl (C=O) groups excluding carboxylic acids is 2. The first-order valence-electron chi connectivity index (χ1n) is 11.7. The van der Waals surface area contributed by atoms with Gasteiger partial charge in [0.25, 0.3) is 11.8 Å². The Morgan fingerprint density at radius 2 is 1.81 bits per heavy atom. The van der Waals surface area contributed by atoms with Gasteiger partial charge in [0.05, 0.1) is 23.9 Å². The lowest BCUT2D eigenvalue weighted by Crippen LogP contribution is -2.51. The molecule has 4 rings (SSSR count). The largest absolute Gasteiger partial charge is 0.381 e. The number of nitrogens with zero attached hydrogens (tertiary/aromatic N) is 3. The molecule has 3 N–H and O–H groups in total. The maximum Gasteiger partial charge on any atom is 0.274 e. The molecule has 190 valence electrons. The number of rotatable bonds is 10. The van der Waals surface area contributed by atoms with Crippen molar-refractivity contribution in [2.75, 3.05) is 6.61 Å². The maximum absolute atomic E-state index is 13.4. The normalized spacial score (nSPS) is 12.5. The Kier molecular flexibility index (Phi) is 8.34. The molecule has 0 saturated carbocycles. The third kappa shape index (κ3) is 6.43. The quantitative estimate of drug-likeness (QED) is 0.287. The number of hydrogen-bond acceptors (Lipinski definition) is 6. The van der Waals surface area contributed by atoms with E-state index in [0.717, 1.165) is 5.56 Å². The van der Waals surface area contributed by atoms with E-state index in [0.29, 0.717) is 11.3 Å². The van der Waals surface area contributed by atoms with Gasteiger partial charge in [-0.2, -0.15) is 5.10 Å². The molecular weight excluding hydrogens is 477 g/mol. The van der Waals surface area contributed by atoms with Crippen LogP contribution in [-0.4, -0.2) is 50.4 Å². The Morgan fingerprint density at radius 3 is 2.54 bits per heavy atom. The van der Waals surface area contributed by atoms with Gasteiger partial charge in [0.1, 0.15) is 5.82 Å². The SMILES string of the molecule is CCONC(=O)C(O)C(Cc1ccc(F)cc1)NC(=O)c1cccnc1-n1ccc(-c2ccccc2)n1. The number of pyridine rings is 1. The molecule has 0 fully saturated rings. The molecular formula is C27H26FN5O4. The minimum absolute atomic E-state index is 0.0578. The van der Waals surface area contributed by atoms with Gasteiger partial charge in [-0.1, -0.05) is 42.5 Å². The molecule has 0 aliphatic carbocycles. The van der Waals surface area contributed by atoms with E-state index in [9.17, 15) is 19.1 Å². The van der Waals surface area contributed by atoms with E-state index in [1.807, 2.05) is 36.4 Å². The standard InChI is InChI=1S/C27H26FN5O4/c1-2-37-32-27(36)24(34)23(17-18-10-12-20(28)13-11-18)30-26(35)21-9-6-15-29-25(21)33-16-14-22(31-33)19-7-4-3-5-8-19/h3-16,23-24,34H,2,17H2,1H3,(H,30,35)(H,32,36). The topological polar surface area (TPSA) is 118 Å². The highest BCUT2D eigenvalue weighted by Gasteiger charge is 2.29. The number of aliphatic hydroxyl groups is 1. The predicted molar refractivity (Wildman–Crippen MR) is 134 cm³/mol. The van der Waals surface area contributed by atoms with E-state index in [4.69, 9.17) is 4.84 Å². The Labute approximate surface area is 212 Å². The number of amides is 2. The monoisotopic (exact) mass is 503 g/mol. The predicted octanol–water partition coefficient (Wildman–Crippen LogP) is 2.84. The summed E-state index contributed by atoms with van der Waals surface area (Å²) in [6, 6.07) is 19.1. The minimum atomic E-state index is -1.64. The van der Waals surface area contributed by atoms with Crippen molar-refractivity contribution in [2.45, 2.75) is 25.5 Å². The first-order chi connectivity index (χ1) is 18.0. The van der Waals surface area contributed by atoms with E-state index < -0.39 is 29.8 Å². The summed E-state index contributed by atoms with van der Waals surface area (Å²) in [5, 5.41) is 18.0. The molecule has 2 unspecified atom stereocenters. The lowest BCUT2D eigenvalue weighted by atomic mass is 10.00. The molecule has 0 saturated heterocycles. The van der Waals surface area contributed by atoms with Gasteiger partial charge in [-0.3, -0.25) is 14.4 Å². The van der Waals surface area contributed by atoms with Crippen LogP contribution >= 0.6 is 0 Å². The zero-order valence-corrected chi connectivity index (χ0v) is 20.0. The number of carbonyl (C=O) groups is 2. The van der Waals surface area contributed by atoms with E-state index in [-0.39, 0.29) is 24.4 Å². The molecule has 37 heavy (non-hydrogen) atoms. The van der Waals surface area contributed by atoms with Crippen molar-refractivity contribution in [3.63, 3.8) is 0 Å². The fourth-order valence-corrected chi connectivity index (χ4v) is 3.71. The molecule has 0 aliphatic rings. The summed E-state index contributed by atoms with van der Waals surface area (Å²) in [5.41, 5.74) is 4.56. The van der Waals surface area contributed by atoms with Gasteiger partial charge in [0.2, 0.25) is 0 Å². The van der Waals surface area contributed by atoms with Crippen LogP contribution in [0.1, 0.15) is 22.8 Å². The number of aromatic nitrogens is 3. The number of aliphatic hydroxyl groups excluding tert-OH is 1. The molecule has 2 heterocycles. The first kappa shape index (κ1) is 25.7. The molecule has 2 amide bonds. The maximum atomic E-state index is 13.4. The average Bonchev–Trinajstić information content (AvgIpc) is 3.43. The highest BCUT2D eigenvalue weighted by Crippen LogP contribution is 2.19. The van der Waals surface area contributed by atoms with E-state index in [1.165, 1.54) is 35.1 Å². The molecule has 0 bridgehead atoms. The second-order valence-corrected chi connectivity index (χ2v) is 8.14. The minimum Gasteiger partial charge on any atom is -0.381 e. The van der Waals surface area contributed by atoms with E-state index in [1.54, 1.807) is 25.3 Å². The molecule has 0 radical (unpaired) electrons. The molecule has 9 nitrogen and oxygen atoms in total. The fraction of sp³-hybridized carbons (Fsp3) is 0.185. The van der Waals surface area contributed by atoms with Gasteiger partial charge in [-0.05, 0) is 49.2 Å². The van der Waals surface area contributed by atoms with Crippen molar-refractivity contribution in [1.82, 2.24) is 25.6 Å². The molecule has 0 spiro atoms. The summed E-state index contributed by atoms with van der Waals surface area (Å²) in [6.07, 6.45) is 1.65. The number of nitrogens with one attached hydrogen (secondary N) is 2. The first-order valence-corrected chi connectivity index (χ1v) is 11.7. The van der Waals surface area contributed by atoms with Crippen LogP contribution < -0.4 is 10.8 Å². The van der Waals surface area contributed by atoms with Crippen LogP contribution in [0, 0.1) is 5.82 Å². The van der Waals surface area contributed by atoms with Gasteiger partial charge in [-0.25, -0.2) is 19.5 Å². The Balaban J connectivity index is 1.59. The van der Waals surface area contributed by atoms with Gasteiger partial charge in [0, 0.05) is 18.0 Å². The van der Waals surface area contributed by atoms with Crippen molar-refractivity contribution >= 4 is 11.8 Å². The van der Waals surface area contributed by atoms with Gasteiger partial charge in [0.15, 0.2) is 11.9 Å². The van der Waals surface area contributed by atoms with Crippen molar-refractivity contribution in [2.24, 2.45) is 0 Å². The van der Waals surface area contributed by atoms with Crippen molar-refractivity contribution < 1.29 is 23.9 Å². The highest BCUT2D eigenvalue weighted by molar-refractivity contribution is 5.97. The van der Waals surface area contributed by atoms with Crippen molar-refractivity contribution in [3.05, 3.63) is 102 Å². The van der Waals surface area contributed by atoms with Crippen molar-refractivity contribution in [1.29, 1.82) is 0 Å². The molecule has 2 aromatic heterocycles. The second-order valence-electron chi connectivity index (χ2n) is 8.14. The van der Waals surface area contributed by atoms with Gasteiger partial charge in [-0.15, -0.1) is 0 Å². The summed E-state index contributed by atoms with van der Waals surface area (Å²) in [7, 11) is 0. The molecule has 2 aromatic carbocycles. The fourth-order valence-electron chi connectivity index (χ4n) is 3.71. The number of halogens is 1. The third-order valence-electron chi connectivity index (χ3n) is 5.56. The zero-order chi connectivity index (χ0) is 26.2. The lowest BCUT2D eigenvalue weighted by molar-refractivity contribution is -0.143. The Hall–Kier alpha value is -4.41. The van der Waals surface area contributed by atoms with Crippen LogP contribution in [0.2, 0.25) is 0 Å². The summed E-state index contributed by atoms with van der Waals surface area (Å²) in [6.45, 7) is 1.87. The van der Waals surface area contributed by atoms with Crippen LogP contribution in [0.4, 0.5) is 4.39 Å². The summed E-state index contributed by atoms with van der Waals surface area (Å²) < 4.78 is 14.9. The van der Waals surface area contributed by atoms with Crippen LogP contribution in [0.25, 0.3) is 17.1 Å². The third-order valence-corrected chi connectivity index (χ3v) is 5.56. The number of hydroxylamine groups is 1. The number of hydrogen-bond donors (Lipinski definition) is 3. The zero-order valence-electron chi connectivity index (χ0n) is 20.0. The van der Waals surface area contributed by atoms with E-state index >= 15 is 0 Å². The molecule has 10 heteroatoms. The molecule has 4 aromatic rings. The van der Waals surface area contributed by atoms with E-state index in [2.05, 4.69) is 20.9 Å². The van der Waals surface area contributed by atoms with Crippen molar-refractivity contribution in [3.8, 4) is 17.1 Å². The lowest BCUT2D eigenvalue weighted by Gasteiger charge is -2.24. The summed E-state index contributed by atoms with van der Waals surface area (Å²) in [5.74, 6) is -1.54. The molecule has 0 aliphatic heterocycles. The average molecular weight is 504 g/mol. The second kappa shape index (κ2) is 12.0. The van der Waals surface area contributed by atoms with Crippen LogP contribution in [0.5, 0.6) is 0 Å².